The molecule has 0 unspecified atom stereocenters. The van der Waals surface area contributed by atoms with Crippen LogP contribution in [0.2, 0.25) is 5.02 Å². The smallest absolute Gasteiger partial charge is 0.252 e. The van der Waals surface area contributed by atoms with Gasteiger partial charge in [0.15, 0.2) is 0 Å². The molecule has 94 valence electrons. The molecular weight excluding hydrogens is 238 g/mol. The third kappa shape index (κ3) is 4.24. The van der Waals surface area contributed by atoms with E-state index in [2.05, 4.69) is 17.1 Å². The second kappa shape index (κ2) is 6.47. The minimum absolute atomic E-state index is 0.188. The quantitative estimate of drug-likeness (QED) is 0.786. The highest BCUT2D eigenvalue weighted by Gasteiger charge is 2.10. The summed E-state index contributed by atoms with van der Waals surface area (Å²) in [5, 5.41) is 3.23. The summed E-state index contributed by atoms with van der Waals surface area (Å²) >= 11 is 5.93. The Morgan fingerprint density at radius 1 is 1.53 bits per heavy atom. The summed E-state index contributed by atoms with van der Waals surface area (Å²) in [6, 6.07) is 4.88. The molecule has 0 aliphatic rings. The van der Waals surface area contributed by atoms with Crippen LogP contribution in [0.3, 0.4) is 0 Å². The van der Waals surface area contributed by atoms with Crippen molar-refractivity contribution < 1.29 is 4.79 Å². The van der Waals surface area contributed by atoms with E-state index in [-0.39, 0.29) is 5.91 Å². The zero-order chi connectivity index (χ0) is 12.8. The van der Waals surface area contributed by atoms with Gasteiger partial charge >= 0.3 is 0 Å². The molecule has 0 aromatic heterocycles. The van der Waals surface area contributed by atoms with Gasteiger partial charge in [0.1, 0.15) is 0 Å². The van der Waals surface area contributed by atoms with Crippen molar-refractivity contribution in [3.63, 3.8) is 0 Å². The van der Waals surface area contributed by atoms with Crippen LogP contribution >= 0.6 is 11.6 Å². The molecule has 0 spiro atoms. The molecular formula is C12H18ClN3O. The maximum atomic E-state index is 11.8. The molecule has 1 rings (SSSR count). The van der Waals surface area contributed by atoms with Crippen molar-refractivity contribution in [2.75, 3.05) is 32.4 Å². The van der Waals surface area contributed by atoms with Crippen LogP contribution in [0.5, 0.6) is 0 Å². The van der Waals surface area contributed by atoms with E-state index in [0.29, 0.717) is 22.8 Å². The first-order valence-electron chi connectivity index (χ1n) is 5.56. The van der Waals surface area contributed by atoms with Crippen molar-refractivity contribution in [2.24, 2.45) is 0 Å². The molecule has 0 atom stereocenters. The number of hydrogen-bond donors (Lipinski definition) is 2. The van der Waals surface area contributed by atoms with Crippen molar-refractivity contribution in [3.05, 3.63) is 28.8 Å². The lowest BCUT2D eigenvalue weighted by Crippen LogP contribution is -2.33. The lowest BCUT2D eigenvalue weighted by molar-refractivity contribution is 0.0950. The van der Waals surface area contributed by atoms with Gasteiger partial charge in [0.25, 0.3) is 5.91 Å². The Labute approximate surface area is 107 Å². The van der Waals surface area contributed by atoms with E-state index in [1.807, 2.05) is 7.05 Å². The highest BCUT2D eigenvalue weighted by Crippen LogP contribution is 2.18. The first-order valence-corrected chi connectivity index (χ1v) is 5.94. The van der Waals surface area contributed by atoms with Gasteiger partial charge in [0.2, 0.25) is 0 Å². The minimum atomic E-state index is -0.188. The molecule has 0 fully saturated rings. The standard InChI is InChI=1S/C12H18ClN3O/c1-3-16(2)7-6-15-12(17)10-8-9(14)4-5-11(10)13/h4-5,8H,3,6-7,14H2,1-2H3,(H,15,17). The number of rotatable bonds is 5. The summed E-state index contributed by atoms with van der Waals surface area (Å²) in [7, 11) is 2.00. The molecule has 0 bridgehead atoms. The maximum Gasteiger partial charge on any atom is 0.252 e. The van der Waals surface area contributed by atoms with E-state index in [1.165, 1.54) is 0 Å². The number of nitrogen functional groups attached to an aromatic ring is 1. The lowest BCUT2D eigenvalue weighted by Gasteiger charge is -2.14. The van der Waals surface area contributed by atoms with Gasteiger partial charge in [0, 0.05) is 18.8 Å². The average molecular weight is 256 g/mol. The largest absolute Gasteiger partial charge is 0.399 e. The predicted octanol–water partition coefficient (Wildman–Crippen LogP) is 1.60. The number of carbonyl (C=O) groups is 1. The summed E-state index contributed by atoms with van der Waals surface area (Å²) in [5.41, 5.74) is 6.57. The van der Waals surface area contributed by atoms with Crippen molar-refractivity contribution >= 4 is 23.2 Å². The Morgan fingerprint density at radius 3 is 2.88 bits per heavy atom. The molecule has 4 nitrogen and oxygen atoms in total. The van der Waals surface area contributed by atoms with Crippen LogP contribution in [0.25, 0.3) is 0 Å². The fourth-order valence-electron chi connectivity index (χ4n) is 1.33. The monoisotopic (exact) mass is 255 g/mol. The predicted molar refractivity (Wildman–Crippen MR) is 71.4 cm³/mol. The van der Waals surface area contributed by atoms with Gasteiger partial charge in [0.05, 0.1) is 10.6 Å². The second-order valence-corrected chi connectivity index (χ2v) is 4.30. The number of hydrogen-bond acceptors (Lipinski definition) is 3. The summed E-state index contributed by atoms with van der Waals surface area (Å²) in [4.78, 5) is 13.9. The Balaban J connectivity index is 2.55. The lowest BCUT2D eigenvalue weighted by atomic mass is 10.2. The van der Waals surface area contributed by atoms with E-state index >= 15 is 0 Å². The minimum Gasteiger partial charge on any atom is -0.399 e. The number of anilines is 1. The zero-order valence-electron chi connectivity index (χ0n) is 10.2. The average Bonchev–Trinajstić information content (AvgIpc) is 2.31. The molecule has 0 saturated carbocycles. The summed E-state index contributed by atoms with van der Waals surface area (Å²) < 4.78 is 0. The highest BCUT2D eigenvalue weighted by atomic mass is 35.5. The van der Waals surface area contributed by atoms with Crippen LogP contribution in [-0.4, -0.2) is 37.5 Å². The molecule has 1 aromatic carbocycles. The van der Waals surface area contributed by atoms with Gasteiger partial charge in [-0.15, -0.1) is 0 Å². The van der Waals surface area contributed by atoms with Crippen LogP contribution < -0.4 is 11.1 Å². The summed E-state index contributed by atoms with van der Waals surface area (Å²) in [6.45, 7) is 4.42. The van der Waals surface area contributed by atoms with Crippen LogP contribution in [0.15, 0.2) is 18.2 Å². The Morgan fingerprint density at radius 2 is 2.24 bits per heavy atom. The molecule has 17 heavy (non-hydrogen) atoms. The van der Waals surface area contributed by atoms with Crippen molar-refractivity contribution in [1.82, 2.24) is 10.2 Å². The van der Waals surface area contributed by atoms with Gasteiger partial charge in [-0.2, -0.15) is 0 Å². The van der Waals surface area contributed by atoms with Crippen LogP contribution in [-0.2, 0) is 0 Å². The van der Waals surface area contributed by atoms with Gasteiger partial charge in [-0.05, 0) is 31.8 Å². The molecule has 5 heteroatoms. The Kier molecular flexibility index (Phi) is 5.25. The van der Waals surface area contributed by atoms with E-state index in [0.717, 1.165) is 13.1 Å². The highest BCUT2D eigenvalue weighted by molar-refractivity contribution is 6.34. The second-order valence-electron chi connectivity index (χ2n) is 3.89. The van der Waals surface area contributed by atoms with Gasteiger partial charge < -0.3 is 16.0 Å². The SMILES string of the molecule is CCN(C)CCNC(=O)c1cc(N)ccc1Cl. The number of nitrogens with two attached hydrogens (primary N) is 1. The van der Waals surface area contributed by atoms with Crippen molar-refractivity contribution in [3.8, 4) is 0 Å². The first-order chi connectivity index (χ1) is 8.04. The molecule has 0 saturated heterocycles. The van der Waals surface area contributed by atoms with Gasteiger partial charge in [-0.25, -0.2) is 0 Å². The van der Waals surface area contributed by atoms with E-state index in [4.69, 9.17) is 17.3 Å². The third-order valence-electron chi connectivity index (χ3n) is 2.55. The first kappa shape index (κ1) is 13.8. The van der Waals surface area contributed by atoms with E-state index < -0.39 is 0 Å². The Bertz CT molecular complexity index is 395. The normalized spacial score (nSPS) is 10.6. The topological polar surface area (TPSA) is 58.4 Å². The Hall–Kier alpha value is -1.26. The number of halogens is 1. The fraction of sp³-hybridized carbons (Fsp3) is 0.417. The molecule has 0 radical (unpaired) electrons. The zero-order valence-corrected chi connectivity index (χ0v) is 10.9. The summed E-state index contributed by atoms with van der Waals surface area (Å²) in [5.74, 6) is -0.188. The van der Waals surface area contributed by atoms with Crippen LogP contribution in [0, 0.1) is 0 Å². The molecule has 3 N–H and O–H groups in total. The molecule has 1 aromatic rings. The number of amides is 1. The van der Waals surface area contributed by atoms with Crippen LogP contribution in [0.4, 0.5) is 5.69 Å². The maximum absolute atomic E-state index is 11.8. The van der Waals surface area contributed by atoms with E-state index in [1.54, 1.807) is 18.2 Å². The third-order valence-corrected chi connectivity index (χ3v) is 2.88. The number of nitrogens with zero attached hydrogens (tertiary/aromatic N) is 1. The number of likely N-dealkylation sites (N-methyl/N-ethyl adjacent to an activating group) is 1. The van der Waals surface area contributed by atoms with Crippen molar-refractivity contribution in [1.29, 1.82) is 0 Å². The summed E-state index contributed by atoms with van der Waals surface area (Å²) in [6.07, 6.45) is 0. The van der Waals surface area contributed by atoms with E-state index in [9.17, 15) is 4.79 Å². The van der Waals surface area contributed by atoms with Gasteiger partial charge in [-0.3, -0.25) is 4.79 Å². The van der Waals surface area contributed by atoms with Gasteiger partial charge in [-0.1, -0.05) is 18.5 Å². The number of benzene rings is 1. The molecule has 0 aliphatic carbocycles. The molecule has 0 heterocycles. The fourth-order valence-corrected chi connectivity index (χ4v) is 1.53. The van der Waals surface area contributed by atoms with Crippen molar-refractivity contribution in [2.45, 2.75) is 6.92 Å². The van der Waals surface area contributed by atoms with Crippen LogP contribution in [0.1, 0.15) is 17.3 Å². The number of nitrogens with one attached hydrogen (secondary N) is 1. The number of carbonyl (C=O) groups excluding carboxylic acids is 1. The molecule has 1 amide bonds. The molecule has 0 aliphatic heterocycles.